The summed E-state index contributed by atoms with van der Waals surface area (Å²) in [6, 6.07) is 37.2. The molecule has 3 aliphatic rings. The quantitative estimate of drug-likeness (QED) is 0.160. The van der Waals surface area contributed by atoms with Crippen LogP contribution in [0.25, 0.3) is 0 Å². The van der Waals surface area contributed by atoms with Crippen LogP contribution in [0.15, 0.2) is 96.6 Å². The molecule has 3 aliphatic carbocycles. The molecule has 2 saturated carbocycles. The highest BCUT2D eigenvalue weighted by Crippen LogP contribution is 2.70. The van der Waals surface area contributed by atoms with Crippen molar-refractivity contribution in [2.75, 3.05) is 6.61 Å². The van der Waals surface area contributed by atoms with Gasteiger partial charge in [-0.3, -0.25) is 0 Å². The highest BCUT2D eigenvalue weighted by atomic mass is 28.4. The third kappa shape index (κ3) is 5.35. The highest BCUT2D eigenvalue weighted by Gasteiger charge is 2.64. The van der Waals surface area contributed by atoms with Crippen molar-refractivity contribution in [1.82, 2.24) is 0 Å². The zero-order chi connectivity index (χ0) is 33.3. The maximum atomic E-state index is 10.5. The largest absolute Gasteiger partial charge is 0.407 e. The minimum atomic E-state index is -2.73. The van der Waals surface area contributed by atoms with E-state index >= 15 is 0 Å². The van der Waals surface area contributed by atoms with E-state index in [4.69, 9.17) is 8.85 Å². The molecule has 0 aromatic heterocycles. The molecule has 0 N–H and O–H groups in total. The highest BCUT2D eigenvalue weighted by molar-refractivity contribution is 6.99. The van der Waals surface area contributed by atoms with Crippen molar-refractivity contribution in [3.05, 3.63) is 108 Å². The monoisotopic (exact) mass is 661 g/mol. The molecule has 0 saturated heterocycles. The standard InChI is InChI=1S/C42H55NO2Si2/c1-7-46(8-2,9-3)45-42-30-19-29-41(39(42)28-31-43)33(20-18-27-37(41)36-25-16-17-26-38(36)42)32-44-47(40(4,5)6,34-21-12-10-13-22-34)35-23-14-11-15-24-35/h10-17,21-26,28,33,37H,7-9,18-20,27,29-30,32H2,1-6H3/b39-28-/t33-,37+,41+,42+/m1/s1. The molecule has 4 atom stereocenters. The van der Waals surface area contributed by atoms with Crippen molar-refractivity contribution in [2.45, 2.75) is 115 Å². The first-order valence-electron chi connectivity index (χ1n) is 18.3. The summed E-state index contributed by atoms with van der Waals surface area (Å²) in [5.41, 5.74) is 3.43. The van der Waals surface area contributed by atoms with E-state index in [2.05, 4.69) is 133 Å². The predicted octanol–water partition coefficient (Wildman–Crippen LogP) is 10.00. The summed E-state index contributed by atoms with van der Waals surface area (Å²) in [4.78, 5) is 0. The lowest BCUT2D eigenvalue weighted by molar-refractivity contribution is -0.0512. The maximum absolute atomic E-state index is 10.5. The van der Waals surface area contributed by atoms with E-state index in [0.29, 0.717) is 18.4 Å². The fourth-order valence-corrected chi connectivity index (χ4v) is 17.9. The maximum Gasteiger partial charge on any atom is 0.261 e. The summed E-state index contributed by atoms with van der Waals surface area (Å²) in [5.74, 6) is 0.679. The second kappa shape index (κ2) is 13.3. The fourth-order valence-electron chi connectivity index (χ4n) is 10.3. The van der Waals surface area contributed by atoms with Crippen molar-refractivity contribution in [3.8, 4) is 6.07 Å². The Kier molecular flexibility index (Phi) is 9.64. The fraction of sp³-hybridized carbons (Fsp3) is 0.500. The van der Waals surface area contributed by atoms with Gasteiger partial charge in [0, 0.05) is 18.1 Å². The van der Waals surface area contributed by atoms with Gasteiger partial charge in [-0.2, -0.15) is 5.26 Å². The Morgan fingerprint density at radius 2 is 1.40 bits per heavy atom. The third-order valence-corrected chi connectivity index (χ3v) is 22.3. The van der Waals surface area contributed by atoms with Gasteiger partial charge in [-0.1, -0.05) is 133 Å². The van der Waals surface area contributed by atoms with Crippen molar-refractivity contribution in [1.29, 1.82) is 5.26 Å². The lowest BCUT2D eigenvalue weighted by Gasteiger charge is -2.64. The second-order valence-electron chi connectivity index (χ2n) is 15.5. The van der Waals surface area contributed by atoms with Crippen LogP contribution < -0.4 is 10.4 Å². The zero-order valence-electron chi connectivity index (χ0n) is 29.6. The Morgan fingerprint density at radius 3 is 1.98 bits per heavy atom. The molecule has 0 unspecified atom stereocenters. The van der Waals surface area contributed by atoms with Crippen molar-refractivity contribution < 1.29 is 8.85 Å². The molecule has 6 rings (SSSR count). The number of fused-ring (bicyclic) bond motifs is 4. The van der Waals surface area contributed by atoms with Crippen LogP contribution >= 0.6 is 0 Å². The summed E-state index contributed by atoms with van der Waals surface area (Å²) in [7, 11) is -4.78. The van der Waals surface area contributed by atoms with Crippen LogP contribution in [-0.4, -0.2) is 23.2 Å². The van der Waals surface area contributed by atoms with Crippen LogP contribution in [0.1, 0.15) is 97.1 Å². The number of nitriles is 1. The van der Waals surface area contributed by atoms with Crippen LogP contribution in [-0.2, 0) is 14.5 Å². The van der Waals surface area contributed by atoms with Crippen LogP contribution in [0.4, 0.5) is 0 Å². The van der Waals surface area contributed by atoms with Gasteiger partial charge in [0.1, 0.15) is 5.60 Å². The van der Waals surface area contributed by atoms with Crippen molar-refractivity contribution >= 4 is 27.0 Å². The molecule has 248 valence electrons. The second-order valence-corrected chi connectivity index (χ2v) is 24.5. The number of hydrogen-bond acceptors (Lipinski definition) is 3. The van der Waals surface area contributed by atoms with Crippen LogP contribution in [0.2, 0.25) is 23.2 Å². The van der Waals surface area contributed by atoms with Gasteiger partial charge in [0.05, 0.1) is 6.07 Å². The Balaban J connectivity index is 1.53. The molecule has 3 aromatic carbocycles. The first-order valence-corrected chi connectivity index (χ1v) is 22.8. The molecule has 5 heteroatoms. The number of hydrogen-bond donors (Lipinski definition) is 0. The van der Waals surface area contributed by atoms with Gasteiger partial charge >= 0.3 is 0 Å². The van der Waals surface area contributed by atoms with E-state index in [1.807, 2.05) is 6.08 Å². The lowest BCUT2D eigenvalue weighted by atomic mass is 9.44. The van der Waals surface area contributed by atoms with E-state index in [1.54, 1.807) is 0 Å². The minimum absolute atomic E-state index is 0.0834. The Morgan fingerprint density at radius 1 is 0.809 bits per heavy atom. The molecule has 0 amide bonds. The molecule has 0 radical (unpaired) electrons. The van der Waals surface area contributed by atoms with Gasteiger partial charge in [0.2, 0.25) is 0 Å². The summed E-state index contributed by atoms with van der Waals surface area (Å²) in [6.45, 7) is 14.8. The van der Waals surface area contributed by atoms with Gasteiger partial charge in [-0.25, -0.2) is 0 Å². The van der Waals surface area contributed by atoms with E-state index in [0.717, 1.165) is 50.2 Å². The van der Waals surface area contributed by atoms with E-state index in [9.17, 15) is 5.26 Å². The summed E-state index contributed by atoms with van der Waals surface area (Å²) >= 11 is 0. The zero-order valence-corrected chi connectivity index (χ0v) is 31.6. The lowest BCUT2D eigenvalue weighted by Crippen LogP contribution is -2.67. The summed E-state index contributed by atoms with van der Waals surface area (Å²) in [5, 5.41) is 13.1. The van der Waals surface area contributed by atoms with Gasteiger partial charge in [0.15, 0.2) is 8.32 Å². The number of allylic oxidation sites excluding steroid dienone is 1. The molecule has 2 bridgehead atoms. The number of rotatable bonds is 10. The smallest absolute Gasteiger partial charge is 0.261 e. The van der Waals surface area contributed by atoms with Crippen molar-refractivity contribution in [3.63, 3.8) is 0 Å². The van der Waals surface area contributed by atoms with Crippen molar-refractivity contribution in [2.24, 2.45) is 11.3 Å². The van der Waals surface area contributed by atoms with Gasteiger partial charge in [-0.15, -0.1) is 0 Å². The first-order chi connectivity index (χ1) is 22.7. The predicted molar refractivity (Wildman–Crippen MR) is 200 cm³/mol. The van der Waals surface area contributed by atoms with Crippen LogP contribution in [0.5, 0.6) is 0 Å². The summed E-state index contributed by atoms with van der Waals surface area (Å²) < 4.78 is 15.5. The summed E-state index contributed by atoms with van der Waals surface area (Å²) in [6.07, 6.45) is 8.59. The third-order valence-electron chi connectivity index (χ3n) is 12.7. The number of nitrogens with zero attached hydrogens (tertiary/aromatic N) is 1. The normalized spacial score (nSPS) is 26.7. The van der Waals surface area contributed by atoms with E-state index < -0.39 is 22.2 Å². The number of benzene rings is 3. The van der Waals surface area contributed by atoms with E-state index in [1.165, 1.54) is 33.5 Å². The topological polar surface area (TPSA) is 42.2 Å². The molecular formula is C42H55NO2Si2. The molecular weight excluding hydrogens is 607 g/mol. The Hall–Kier alpha value is -2.76. The molecule has 47 heavy (non-hydrogen) atoms. The Labute approximate surface area is 286 Å². The average Bonchev–Trinajstić information content (AvgIpc) is 3.09. The average molecular weight is 662 g/mol. The van der Waals surface area contributed by atoms with Crippen LogP contribution in [0, 0.1) is 22.7 Å². The van der Waals surface area contributed by atoms with Gasteiger partial charge in [-0.05, 0) is 94.2 Å². The van der Waals surface area contributed by atoms with E-state index in [-0.39, 0.29) is 10.5 Å². The van der Waals surface area contributed by atoms with Crippen LogP contribution in [0.3, 0.4) is 0 Å². The molecule has 0 heterocycles. The van der Waals surface area contributed by atoms with Gasteiger partial charge in [0.25, 0.3) is 8.32 Å². The SMILES string of the molecule is CC[Si](CC)(CC)O[C@]12CCC[C@]3(/C1=C/C#N)[C@@H](CO[Si](c1ccccc1)(c1ccccc1)C(C)(C)C)CCC[C@H]3c1ccccc12. The molecule has 2 fully saturated rings. The first kappa shape index (κ1) is 34.1. The minimum Gasteiger partial charge on any atom is -0.407 e. The molecule has 0 aliphatic heterocycles. The molecule has 3 nitrogen and oxygen atoms in total. The molecule has 1 spiro atoms. The van der Waals surface area contributed by atoms with Gasteiger partial charge < -0.3 is 8.85 Å². The molecule has 3 aromatic rings. The Bertz CT molecular complexity index is 1560.